The number of hydrogen-bond donors (Lipinski definition) is 4. The summed E-state index contributed by atoms with van der Waals surface area (Å²) >= 11 is 0. The Morgan fingerprint density at radius 1 is 1.27 bits per heavy atom. The number of hydrogen-bond acceptors (Lipinski definition) is 7. The van der Waals surface area contributed by atoms with E-state index in [9.17, 15) is 19.5 Å². The molecule has 3 amide bonds. The molecule has 1 fully saturated rings. The van der Waals surface area contributed by atoms with Crippen molar-refractivity contribution < 1.29 is 33.6 Å². The summed E-state index contributed by atoms with van der Waals surface area (Å²) in [5.41, 5.74) is 0. The zero-order valence-electron chi connectivity index (χ0n) is 15.4. The van der Waals surface area contributed by atoms with Crippen molar-refractivity contribution >= 4 is 25.8 Å². The predicted molar refractivity (Wildman–Crippen MR) is 90.8 cm³/mol. The Labute approximate surface area is 153 Å². The van der Waals surface area contributed by atoms with E-state index in [2.05, 4.69) is 16.0 Å². The highest BCUT2D eigenvalue weighted by molar-refractivity contribution is 5.98. The fourth-order valence-corrected chi connectivity index (χ4v) is 2.69. The molecule has 0 spiro atoms. The fraction of sp³-hybridized carbons (Fsp3) is 0.800. The summed E-state index contributed by atoms with van der Waals surface area (Å²) in [5, 5.41) is 17.7. The second-order valence-electron chi connectivity index (χ2n) is 6.05. The van der Waals surface area contributed by atoms with Crippen molar-refractivity contribution in [2.24, 2.45) is 0 Å². The molecule has 0 aromatic carbocycles. The fourth-order valence-electron chi connectivity index (χ4n) is 2.69. The van der Waals surface area contributed by atoms with Crippen molar-refractivity contribution in [2.45, 2.75) is 63.9 Å². The van der Waals surface area contributed by atoms with Gasteiger partial charge >= 0.3 is 0 Å². The molecule has 4 N–H and O–H groups in total. The van der Waals surface area contributed by atoms with Crippen molar-refractivity contribution in [1.82, 2.24) is 16.0 Å². The third-order valence-electron chi connectivity index (χ3n) is 3.97. The molecule has 6 unspecified atom stereocenters. The van der Waals surface area contributed by atoms with Crippen LogP contribution < -0.4 is 16.0 Å². The summed E-state index contributed by atoms with van der Waals surface area (Å²) in [6.45, 7) is 4.26. The molecule has 0 bridgehead atoms. The van der Waals surface area contributed by atoms with Crippen LogP contribution in [0.5, 0.6) is 0 Å². The molecule has 0 aliphatic carbocycles. The van der Waals surface area contributed by atoms with Crippen molar-refractivity contribution in [2.75, 3.05) is 13.7 Å². The first-order valence-corrected chi connectivity index (χ1v) is 8.27. The van der Waals surface area contributed by atoms with Crippen LogP contribution in [0.15, 0.2) is 0 Å². The van der Waals surface area contributed by atoms with Crippen molar-refractivity contribution in [1.29, 1.82) is 0 Å². The largest absolute Gasteiger partial charge is 0.440 e. The van der Waals surface area contributed by atoms with Crippen LogP contribution in [-0.2, 0) is 28.5 Å². The number of likely N-dealkylation sites (N-methyl/N-ethyl adjacent to an activating group) is 1. The van der Waals surface area contributed by atoms with E-state index in [4.69, 9.17) is 22.2 Å². The highest BCUT2D eigenvalue weighted by Gasteiger charge is 2.44. The Morgan fingerprint density at radius 3 is 2.42 bits per heavy atom. The number of aliphatic hydroxyl groups is 1. The standard InChI is InChI=1S/C15H26BN3O7/c1-7-12(22)13(26-16)11(19-9(3)21)15(25-7)24-6-5-10(14(23)17-4)18-8(2)20/h7,10-13,15,22H,5-6H2,1-4H3,(H,17,23)(H,18,20)(H,19,21). The smallest absolute Gasteiger partial charge is 0.283 e. The summed E-state index contributed by atoms with van der Waals surface area (Å²) < 4.78 is 16.0. The monoisotopic (exact) mass is 371 g/mol. The number of rotatable bonds is 8. The first kappa shape index (κ1) is 22.4. The van der Waals surface area contributed by atoms with Gasteiger partial charge in [-0.3, -0.25) is 14.4 Å². The van der Waals surface area contributed by atoms with Gasteiger partial charge < -0.3 is 35.2 Å². The second-order valence-corrected chi connectivity index (χ2v) is 6.05. The third kappa shape index (κ3) is 6.24. The van der Waals surface area contributed by atoms with Crippen molar-refractivity contribution in [3.63, 3.8) is 0 Å². The van der Waals surface area contributed by atoms with Gasteiger partial charge in [0.2, 0.25) is 17.7 Å². The molecule has 2 radical (unpaired) electrons. The van der Waals surface area contributed by atoms with Crippen LogP contribution in [-0.4, -0.2) is 81.2 Å². The van der Waals surface area contributed by atoms with Gasteiger partial charge in [-0.1, -0.05) is 0 Å². The maximum Gasteiger partial charge on any atom is 0.283 e. The van der Waals surface area contributed by atoms with Crippen molar-refractivity contribution in [3.05, 3.63) is 0 Å². The van der Waals surface area contributed by atoms with E-state index in [-0.39, 0.29) is 30.7 Å². The van der Waals surface area contributed by atoms with Crippen LogP contribution in [0.4, 0.5) is 0 Å². The first-order valence-electron chi connectivity index (χ1n) is 8.27. The first-order chi connectivity index (χ1) is 12.2. The van der Waals surface area contributed by atoms with Gasteiger partial charge in [-0.05, 0) is 6.92 Å². The molecular weight excluding hydrogens is 345 g/mol. The van der Waals surface area contributed by atoms with Gasteiger partial charge in [0, 0.05) is 27.3 Å². The molecule has 11 heteroatoms. The number of carbonyl (C=O) groups excluding carboxylic acids is 3. The Morgan fingerprint density at radius 2 is 1.92 bits per heavy atom. The Hall–Kier alpha value is -1.69. The molecule has 26 heavy (non-hydrogen) atoms. The SMILES string of the molecule is [B]OC1C(O)C(C)OC(OCCC(NC(C)=O)C(=O)NC)C1NC(C)=O. The number of amides is 3. The molecule has 0 aromatic rings. The molecule has 0 saturated carbocycles. The average molecular weight is 371 g/mol. The van der Waals surface area contributed by atoms with E-state index in [0.717, 1.165) is 0 Å². The molecule has 1 aliphatic rings. The molecule has 1 saturated heterocycles. The van der Waals surface area contributed by atoms with Crippen LogP contribution in [0, 0.1) is 0 Å². The van der Waals surface area contributed by atoms with Crippen LogP contribution >= 0.6 is 0 Å². The van der Waals surface area contributed by atoms with Gasteiger partial charge in [-0.2, -0.15) is 0 Å². The van der Waals surface area contributed by atoms with Gasteiger partial charge in [0.05, 0.1) is 18.8 Å². The van der Waals surface area contributed by atoms with Gasteiger partial charge in [0.25, 0.3) is 8.05 Å². The molecule has 146 valence electrons. The van der Waals surface area contributed by atoms with Gasteiger partial charge in [0.15, 0.2) is 6.29 Å². The number of ether oxygens (including phenoxy) is 2. The minimum atomic E-state index is -1.06. The van der Waals surface area contributed by atoms with Crippen LogP contribution in [0.1, 0.15) is 27.2 Å². The minimum Gasteiger partial charge on any atom is -0.440 e. The van der Waals surface area contributed by atoms with Crippen molar-refractivity contribution in [3.8, 4) is 0 Å². The van der Waals surface area contributed by atoms with E-state index in [1.54, 1.807) is 6.92 Å². The summed E-state index contributed by atoms with van der Waals surface area (Å²) in [5.74, 6) is -1.09. The maximum atomic E-state index is 11.8. The highest BCUT2D eigenvalue weighted by Crippen LogP contribution is 2.24. The second kappa shape index (κ2) is 10.5. The zero-order chi connectivity index (χ0) is 19.9. The topological polar surface area (TPSA) is 135 Å². The van der Waals surface area contributed by atoms with Crippen LogP contribution in [0.2, 0.25) is 0 Å². The van der Waals surface area contributed by atoms with Gasteiger partial charge in [-0.25, -0.2) is 0 Å². The summed E-state index contributed by atoms with van der Waals surface area (Å²) in [4.78, 5) is 34.4. The average Bonchev–Trinajstić information content (AvgIpc) is 2.57. The number of nitrogens with one attached hydrogen (secondary N) is 3. The maximum absolute atomic E-state index is 11.8. The summed E-state index contributed by atoms with van der Waals surface area (Å²) in [6.07, 6.45) is -3.42. The summed E-state index contributed by atoms with van der Waals surface area (Å²) in [7, 11) is 6.71. The lowest BCUT2D eigenvalue weighted by atomic mass is 9.96. The van der Waals surface area contributed by atoms with E-state index in [0.29, 0.717) is 0 Å². The molecule has 10 nitrogen and oxygen atoms in total. The lowest BCUT2D eigenvalue weighted by molar-refractivity contribution is -0.256. The molecule has 6 atom stereocenters. The Bertz CT molecular complexity index is 508. The molecular formula is C15H26BN3O7. The molecule has 0 aromatic heterocycles. The number of aliphatic hydroxyl groups excluding tert-OH is 1. The molecule has 1 aliphatic heterocycles. The van der Waals surface area contributed by atoms with E-state index in [1.165, 1.54) is 20.9 Å². The molecule has 1 heterocycles. The minimum absolute atomic E-state index is 0.0409. The normalized spacial score (nSPS) is 29.5. The lowest BCUT2D eigenvalue weighted by Gasteiger charge is -2.43. The Balaban J connectivity index is 2.75. The predicted octanol–water partition coefficient (Wildman–Crippen LogP) is -2.28. The van der Waals surface area contributed by atoms with E-state index < -0.39 is 36.7 Å². The van der Waals surface area contributed by atoms with Crippen LogP contribution in [0.3, 0.4) is 0 Å². The zero-order valence-corrected chi connectivity index (χ0v) is 15.4. The highest BCUT2D eigenvalue weighted by atomic mass is 16.7. The van der Waals surface area contributed by atoms with Crippen LogP contribution in [0.25, 0.3) is 0 Å². The quantitative estimate of drug-likeness (QED) is 0.353. The lowest BCUT2D eigenvalue weighted by Crippen LogP contribution is -2.64. The number of carbonyl (C=O) groups is 3. The van der Waals surface area contributed by atoms with E-state index in [1.807, 2.05) is 0 Å². The van der Waals surface area contributed by atoms with E-state index >= 15 is 0 Å². The molecule has 1 rings (SSSR count). The third-order valence-corrected chi connectivity index (χ3v) is 3.97. The Kier molecular flexibility index (Phi) is 8.99. The van der Waals surface area contributed by atoms with Gasteiger partial charge in [-0.15, -0.1) is 0 Å². The summed E-state index contributed by atoms with van der Waals surface area (Å²) in [6, 6.07) is -1.62. The van der Waals surface area contributed by atoms with Gasteiger partial charge in [0.1, 0.15) is 18.2 Å².